The van der Waals surface area contributed by atoms with E-state index in [0.717, 1.165) is 38.3 Å². The van der Waals surface area contributed by atoms with Crippen LogP contribution in [-0.4, -0.2) is 21.4 Å². The van der Waals surface area contributed by atoms with Gasteiger partial charge >= 0.3 is 0 Å². The molecule has 1 aliphatic heterocycles. The highest BCUT2D eigenvalue weighted by atomic mass is 32.1. The molecule has 2 aromatic heterocycles. The van der Waals surface area contributed by atoms with Crippen LogP contribution < -0.4 is 0 Å². The van der Waals surface area contributed by atoms with E-state index >= 15 is 0 Å². The quantitative estimate of drug-likeness (QED) is 0.858. The number of hydrogen-bond donors (Lipinski definition) is 0. The summed E-state index contributed by atoms with van der Waals surface area (Å²) < 4.78 is 0. The second-order valence-electron chi connectivity index (χ2n) is 7.10. The molecule has 0 bridgehead atoms. The van der Waals surface area contributed by atoms with Gasteiger partial charge in [-0.3, -0.25) is 4.90 Å². The lowest BCUT2D eigenvalue weighted by Crippen LogP contribution is -2.31. The summed E-state index contributed by atoms with van der Waals surface area (Å²) in [5.74, 6) is 0.963. The van der Waals surface area contributed by atoms with Crippen LogP contribution in [0.3, 0.4) is 0 Å². The highest BCUT2D eigenvalue weighted by Gasteiger charge is 2.23. The van der Waals surface area contributed by atoms with Gasteiger partial charge in [-0.15, -0.1) is 11.3 Å². The van der Waals surface area contributed by atoms with E-state index in [-0.39, 0.29) is 5.41 Å². The number of aromatic nitrogens is 2. The van der Waals surface area contributed by atoms with Crippen LogP contribution in [0.15, 0.2) is 18.3 Å². The Balaban J connectivity index is 1.71. The zero-order valence-electron chi connectivity index (χ0n) is 14.0. The lowest BCUT2D eigenvalue weighted by Gasteiger charge is -2.28. The molecule has 3 rings (SSSR count). The smallest absolute Gasteiger partial charge is 0.133 e. The predicted octanol–water partition coefficient (Wildman–Crippen LogP) is 3.96. The molecule has 1 aliphatic rings. The van der Waals surface area contributed by atoms with E-state index < -0.39 is 0 Å². The third-order valence-corrected chi connectivity index (χ3v) is 5.34. The van der Waals surface area contributed by atoms with Crippen LogP contribution >= 0.6 is 11.3 Å². The lowest BCUT2D eigenvalue weighted by atomic mass is 9.95. The minimum Gasteiger partial charge on any atom is -0.293 e. The summed E-state index contributed by atoms with van der Waals surface area (Å²) >= 11 is 1.94. The number of hydrogen-bond acceptors (Lipinski definition) is 4. The highest BCUT2D eigenvalue weighted by molar-refractivity contribution is 7.11. The minimum absolute atomic E-state index is 0.0275. The molecular formula is C18H25N3S. The first-order chi connectivity index (χ1) is 10.5. The summed E-state index contributed by atoms with van der Waals surface area (Å²) in [6.07, 6.45) is 4.21. The molecule has 0 radical (unpaired) electrons. The fraction of sp³-hybridized carbons (Fsp3) is 0.556. The van der Waals surface area contributed by atoms with Gasteiger partial charge in [-0.05, 0) is 18.6 Å². The Morgan fingerprint density at radius 2 is 2.00 bits per heavy atom. The summed E-state index contributed by atoms with van der Waals surface area (Å²) in [5.41, 5.74) is 2.57. The average Bonchev–Trinajstić information content (AvgIpc) is 2.93. The minimum atomic E-state index is 0.0275. The Morgan fingerprint density at radius 1 is 1.23 bits per heavy atom. The number of rotatable bonds is 3. The van der Waals surface area contributed by atoms with Gasteiger partial charge in [0.15, 0.2) is 0 Å². The van der Waals surface area contributed by atoms with E-state index in [1.54, 1.807) is 0 Å². The number of thiophene rings is 1. The number of nitrogens with zero attached hydrogens (tertiary/aromatic N) is 3. The van der Waals surface area contributed by atoms with Crippen molar-refractivity contribution in [2.24, 2.45) is 0 Å². The van der Waals surface area contributed by atoms with Crippen molar-refractivity contribution in [1.29, 1.82) is 0 Å². The molecule has 0 atom stereocenters. The standard InChI is InChI=1S/C18H25N3S/c1-5-14-6-7-15(22-14)12-21-9-8-16-13(11-21)10-19-17(20-16)18(2,3)4/h6-7,10H,5,8-9,11-12H2,1-4H3. The van der Waals surface area contributed by atoms with E-state index in [0.29, 0.717) is 0 Å². The van der Waals surface area contributed by atoms with E-state index in [2.05, 4.69) is 49.7 Å². The van der Waals surface area contributed by atoms with Crippen molar-refractivity contribution in [2.75, 3.05) is 6.54 Å². The van der Waals surface area contributed by atoms with Crippen molar-refractivity contribution in [3.05, 3.63) is 45.2 Å². The third-order valence-electron chi connectivity index (χ3n) is 4.13. The summed E-state index contributed by atoms with van der Waals surface area (Å²) in [7, 11) is 0. The second kappa shape index (κ2) is 6.09. The molecule has 0 amide bonds. The second-order valence-corrected chi connectivity index (χ2v) is 8.35. The Labute approximate surface area is 137 Å². The van der Waals surface area contributed by atoms with Gasteiger partial charge in [-0.2, -0.15) is 0 Å². The zero-order chi connectivity index (χ0) is 15.7. The largest absolute Gasteiger partial charge is 0.293 e. The van der Waals surface area contributed by atoms with Crippen molar-refractivity contribution in [3.63, 3.8) is 0 Å². The molecule has 0 N–H and O–H groups in total. The van der Waals surface area contributed by atoms with E-state index in [4.69, 9.17) is 4.98 Å². The van der Waals surface area contributed by atoms with E-state index in [9.17, 15) is 0 Å². The van der Waals surface area contributed by atoms with E-state index in [1.165, 1.54) is 21.0 Å². The average molecular weight is 315 g/mol. The Bertz CT molecular complexity index is 655. The van der Waals surface area contributed by atoms with Gasteiger partial charge in [0.1, 0.15) is 5.82 Å². The molecule has 4 heteroatoms. The summed E-state index contributed by atoms with van der Waals surface area (Å²) in [6.45, 7) is 11.8. The molecular weight excluding hydrogens is 290 g/mol. The van der Waals surface area contributed by atoms with Crippen molar-refractivity contribution in [1.82, 2.24) is 14.9 Å². The Morgan fingerprint density at radius 3 is 2.68 bits per heavy atom. The lowest BCUT2D eigenvalue weighted by molar-refractivity contribution is 0.244. The van der Waals surface area contributed by atoms with Crippen molar-refractivity contribution in [3.8, 4) is 0 Å². The topological polar surface area (TPSA) is 29.0 Å². The van der Waals surface area contributed by atoms with Gasteiger partial charge < -0.3 is 0 Å². The molecule has 0 aliphatic carbocycles. The van der Waals surface area contributed by atoms with Crippen molar-refractivity contribution >= 4 is 11.3 Å². The first kappa shape index (κ1) is 15.6. The molecule has 0 fully saturated rings. The van der Waals surface area contributed by atoms with Gasteiger partial charge in [0.05, 0.1) is 0 Å². The summed E-state index contributed by atoms with van der Waals surface area (Å²) in [4.78, 5) is 14.8. The summed E-state index contributed by atoms with van der Waals surface area (Å²) in [6, 6.07) is 4.54. The van der Waals surface area contributed by atoms with Crippen LogP contribution in [0.4, 0.5) is 0 Å². The van der Waals surface area contributed by atoms with Crippen LogP contribution in [-0.2, 0) is 31.3 Å². The predicted molar refractivity (Wildman–Crippen MR) is 92.2 cm³/mol. The van der Waals surface area contributed by atoms with Crippen molar-refractivity contribution < 1.29 is 0 Å². The SMILES string of the molecule is CCc1ccc(CN2CCc3nc(C(C)(C)C)ncc3C2)s1. The molecule has 22 heavy (non-hydrogen) atoms. The maximum Gasteiger partial charge on any atom is 0.133 e. The monoisotopic (exact) mass is 315 g/mol. The normalized spacial score (nSPS) is 15.8. The summed E-state index contributed by atoms with van der Waals surface area (Å²) in [5, 5.41) is 0. The third kappa shape index (κ3) is 3.39. The first-order valence-corrected chi connectivity index (χ1v) is 8.92. The molecule has 0 spiro atoms. The van der Waals surface area contributed by atoms with Crippen LogP contribution in [0, 0.1) is 0 Å². The van der Waals surface area contributed by atoms with Gasteiger partial charge in [-0.25, -0.2) is 9.97 Å². The van der Waals surface area contributed by atoms with Gasteiger partial charge in [-0.1, -0.05) is 27.7 Å². The number of fused-ring (bicyclic) bond motifs is 1. The fourth-order valence-electron chi connectivity index (χ4n) is 2.79. The Hall–Kier alpha value is -1.26. The van der Waals surface area contributed by atoms with Crippen LogP contribution in [0.5, 0.6) is 0 Å². The molecule has 3 nitrogen and oxygen atoms in total. The highest BCUT2D eigenvalue weighted by Crippen LogP contribution is 2.25. The van der Waals surface area contributed by atoms with Crippen LogP contribution in [0.2, 0.25) is 0 Å². The molecule has 0 saturated heterocycles. The molecule has 0 saturated carbocycles. The van der Waals surface area contributed by atoms with Crippen molar-refractivity contribution in [2.45, 2.75) is 59.0 Å². The number of aryl methyl sites for hydroxylation is 1. The zero-order valence-corrected chi connectivity index (χ0v) is 14.8. The molecule has 0 aromatic carbocycles. The first-order valence-electron chi connectivity index (χ1n) is 8.11. The van der Waals surface area contributed by atoms with E-state index in [1.807, 2.05) is 17.5 Å². The van der Waals surface area contributed by atoms with Gasteiger partial charge in [0.25, 0.3) is 0 Å². The van der Waals surface area contributed by atoms with Crippen LogP contribution in [0.25, 0.3) is 0 Å². The maximum atomic E-state index is 4.81. The van der Waals surface area contributed by atoms with Gasteiger partial charge in [0.2, 0.25) is 0 Å². The molecule has 2 aromatic rings. The van der Waals surface area contributed by atoms with Gasteiger partial charge in [0, 0.05) is 58.7 Å². The maximum absolute atomic E-state index is 4.81. The molecule has 3 heterocycles. The molecule has 118 valence electrons. The fourth-order valence-corrected chi connectivity index (χ4v) is 3.79. The molecule has 0 unspecified atom stereocenters. The van der Waals surface area contributed by atoms with Crippen LogP contribution in [0.1, 0.15) is 54.5 Å². The Kier molecular flexibility index (Phi) is 4.33.